The van der Waals surface area contributed by atoms with Crippen LogP contribution in [0.3, 0.4) is 0 Å². The van der Waals surface area contributed by atoms with Crippen molar-refractivity contribution in [2.45, 2.75) is 19.6 Å². The van der Waals surface area contributed by atoms with E-state index in [4.69, 9.17) is 14.2 Å². The van der Waals surface area contributed by atoms with Crippen LogP contribution < -0.4 is 4.90 Å². The summed E-state index contributed by atoms with van der Waals surface area (Å²) in [7, 11) is 0. The van der Waals surface area contributed by atoms with E-state index < -0.39 is 23.5 Å². The normalized spacial score (nSPS) is 20.5. The molecule has 24 heavy (non-hydrogen) atoms. The molecule has 6 nitrogen and oxygen atoms in total. The third-order valence-electron chi connectivity index (χ3n) is 3.76. The van der Waals surface area contributed by atoms with Crippen molar-refractivity contribution in [3.05, 3.63) is 35.2 Å². The Morgan fingerprint density at radius 2 is 1.75 bits per heavy atom. The number of carbonyl (C=O) groups is 2. The van der Waals surface area contributed by atoms with E-state index >= 15 is 0 Å². The molecule has 1 aromatic rings. The zero-order valence-corrected chi connectivity index (χ0v) is 13.5. The number of hydrogen-bond acceptors (Lipinski definition) is 6. The number of halogens is 1. The summed E-state index contributed by atoms with van der Waals surface area (Å²) in [5.74, 6) is -3.33. The lowest BCUT2D eigenvalue weighted by atomic mass is 10.1. The number of esters is 2. The SMILES string of the molecule is CC1(C)OC(=O)C(=Cc2cc(F)ccc2N2CCOCC2)C(=O)O1. The van der Waals surface area contributed by atoms with Gasteiger partial charge in [-0.15, -0.1) is 0 Å². The van der Waals surface area contributed by atoms with E-state index in [-0.39, 0.29) is 5.57 Å². The second-order valence-corrected chi connectivity index (χ2v) is 6.04. The van der Waals surface area contributed by atoms with Gasteiger partial charge in [0, 0.05) is 38.2 Å². The van der Waals surface area contributed by atoms with Crippen LogP contribution in [0.5, 0.6) is 0 Å². The Morgan fingerprint density at radius 3 is 2.38 bits per heavy atom. The minimum absolute atomic E-state index is 0.255. The zero-order valence-electron chi connectivity index (χ0n) is 13.5. The lowest BCUT2D eigenvalue weighted by Crippen LogP contribution is -2.41. The molecular formula is C17H18FNO5. The van der Waals surface area contributed by atoms with Crippen molar-refractivity contribution in [2.24, 2.45) is 0 Å². The molecule has 0 aromatic heterocycles. The fourth-order valence-electron chi connectivity index (χ4n) is 2.67. The Kier molecular flexibility index (Phi) is 4.28. The molecule has 2 heterocycles. The Labute approximate surface area is 138 Å². The first-order valence-electron chi connectivity index (χ1n) is 7.66. The lowest BCUT2D eigenvalue weighted by molar-refractivity contribution is -0.222. The Bertz CT molecular complexity index is 685. The standard InChI is InChI=1S/C17H18FNO5/c1-17(2)23-15(20)13(16(21)24-17)10-11-9-12(18)3-4-14(11)19-5-7-22-8-6-19/h3-4,9-10H,5-8H2,1-2H3. The number of rotatable bonds is 2. The van der Waals surface area contributed by atoms with Crippen LogP contribution in [0.1, 0.15) is 19.4 Å². The number of cyclic esters (lactones) is 2. The summed E-state index contributed by atoms with van der Waals surface area (Å²) in [6, 6.07) is 4.24. The van der Waals surface area contributed by atoms with Crippen LogP contribution in [0, 0.1) is 5.82 Å². The first kappa shape index (κ1) is 16.4. The maximum absolute atomic E-state index is 13.7. The number of benzene rings is 1. The monoisotopic (exact) mass is 335 g/mol. The summed E-state index contributed by atoms with van der Waals surface area (Å²) in [6.45, 7) is 5.35. The number of nitrogens with zero attached hydrogens (tertiary/aromatic N) is 1. The molecule has 1 aromatic carbocycles. The molecule has 7 heteroatoms. The first-order chi connectivity index (χ1) is 11.4. The predicted molar refractivity (Wildman–Crippen MR) is 83.7 cm³/mol. The second-order valence-electron chi connectivity index (χ2n) is 6.04. The van der Waals surface area contributed by atoms with E-state index in [1.54, 1.807) is 6.07 Å². The highest BCUT2D eigenvalue weighted by atomic mass is 19.1. The molecule has 0 saturated carbocycles. The third kappa shape index (κ3) is 3.41. The van der Waals surface area contributed by atoms with E-state index in [1.807, 2.05) is 4.90 Å². The van der Waals surface area contributed by atoms with Crippen molar-refractivity contribution in [3.63, 3.8) is 0 Å². The third-order valence-corrected chi connectivity index (χ3v) is 3.76. The van der Waals surface area contributed by atoms with Crippen LogP contribution in [0.4, 0.5) is 10.1 Å². The molecule has 0 N–H and O–H groups in total. The average Bonchev–Trinajstić information content (AvgIpc) is 2.51. The number of morpholine rings is 1. The van der Waals surface area contributed by atoms with Crippen molar-refractivity contribution in [1.29, 1.82) is 0 Å². The summed E-state index contributed by atoms with van der Waals surface area (Å²) >= 11 is 0. The Balaban J connectivity index is 1.98. The molecule has 2 aliphatic rings. The van der Waals surface area contributed by atoms with Crippen molar-refractivity contribution in [3.8, 4) is 0 Å². The van der Waals surface area contributed by atoms with Gasteiger partial charge in [0.2, 0.25) is 0 Å². The molecule has 2 fully saturated rings. The molecule has 2 aliphatic heterocycles. The Morgan fingerprint density at radius 1 is 1.12 bits per heavy atom. The molecule has 0 atom stereocenters. The summed E-state index contributed by atoms with van der Waals surface area (Å²) in [5.41, 5.74) is 0.882. The molecule has 0 aliphatic carbocycles. The van der Waals surface area contributed by atoms with Gasteiger partial charge in [-0.1, -0.05) is 0 Å². The largest absolute Gasteiger partial charge is 0.419 e. The van der Waals surface area contributed by atoms with Gasteiger partial charge in [-0.25, -0.2) is 14.0 Å². The van der Waals surface area contributed by atoms with Gasteiger partial charge in [0.1, 0.15) is 11.4 Å². The van der Waals surface area contributed by atoms with Crippen LogP contribution in [-0.4, -0.2) is 44.0 Å². The minimum atomic E-state index is -1.31. The van der Waals surface area contributed by atoms with Gasteiger partial charge in [-0.2, -0.15) is 0 Å². The van der Waals surface area contributed by atoms with Crippen LogP contribution in [0.2, 0.25) is 0 Å². The topological polar surface area (TPSA) is 65.1 Å². The number of ether oxygens (including phenoxy) is 3. The molecule has 0 spiro atoms. The highest BCUT2D eigenvalue weighted by Crippen LogP contribution is 2.29. The highest BCUT2D eigenvalue weighted by molar-refractivity contribution is 6.19. The van der Waals surface area contributed by atoms with Gasteiger partial charge in [-0.05, 0) is 24.3 Å². The van der Waals surface area contributed by atoms with Gasteiger partial charge in [0.25, 0.3) is 5.79 Å². The van der Waals surface area contributed by atoms with Gasteiger partial charge < -0.3 is 19.1 Å². The van der Waals surface area contributed by atoms with Crippen molar-refractivity contribution in [1.82, 2.24) is 0 Å². The van der Waals surface area contributed by atoms with E-state index in [1.165, 1.54) is 32.1 Å². The van der Waals surface area contributed by atoms with Crippen molar-refractivity contribution >= 4 is 23.7 Å². The van der Waals surface area contributed by atoms with Gasteiger partial charge >= 0.3 is 11.9 Å². The van der Waals surface area contributed by atoms with Crippen LogP contribution >= 0.6 is 0 Å². The maximum atomic E-state index is 13.7. The van der Waals surface area contributed by atoms with Crippen LogP contribution in [0.25, 0.3) is 6.08 Å². The molecule has 0 unspecified atom stereocenters. The van der Waals surface area contributed by atoms with E-state index in [0.29, 0.717) is 31.9 Å². The number of carbonyl (C=O) groups excluding carboxylic acids is 2. The molecular weight excluding hydrogens is 317 g/mol. The summed E-state index contributed by atoms with van der Waals surface area (Å²) < 4.78 is 29.1. The smallest absolute Gasteiger partial charge is 0.348 e. The van der Waals surface area contributed by atoms with E-state index in [2.05, 4.69) is 0 Å². The number of hydrogen-bond donors (Lipinski definition) is 0. The molecule has 0 amide bonds. The maximum Gasteiger partial charge on any atom is 0.348 e. The number of anilines is 1. The average molecular weight is 335 g/mol. The summed E-state index contributed by atoms with van der Waals surface area (Å²) in [5, 5.41) is 0. The molecule has 128 valence electrons. The summed E-state index contributed by atoms with van der Waals surface area (Å²) in [6.07, 6.45) is 1.31. The van der Waals surface area contributed by atoms with Gasteiger partial charge in [0.05, 0.1) is 13.2 Å². The zero-order chi connectivity index (χ0) is 17.3. The minimum Gasteiger partial charge on any atom is -0.419 e. The van der Waals surface area contributed by atoms with E-state index in [9.17, 15) is 14.0 Å². The fourth-order valence-corrected chi connectivity index (χ4v) is 2.67. The molecule has 0 bridgehead atoms. The van der Waals surface area contributed by atoms with Crippen LogP contribution in [0.15, 0.2) is 23.8 Å². The first-order valence-corrected chi connectivity index (χ1v) is 7.66. The van der Waals surface area contributed by atoms with Crippen molar-refractivity contribution < 1.29 is 28.2 Å². The van der Waals surface area contributed by atoms with Crippen LogP contribution in [-0.2, 0) is 23.8 Å². The predicted octanol–water partition coefficient (Wildman–Crippen LogP) is 1.88. The molecule has 0 radical (unpaired) electrons. The summed E-state index contributed by atoms with van der Waals surface area (Å²) in [4.78, 5) is 26.2. The van der Waals surface area contributed by atoms with Gasteiger partial charge in [-0.3, -0.25) is 0 Å². The quantitative estimate of drug-likeness (QED) is 0.467. The molecule has 3 rings (SSSR count). The van der Waals surface area contributed by atoms with Crippen molar-refractivity contribution in [2.75, 3.05) is 31.2 Å². The second kappa shape index (κ2) is 6.24. The highest BCUT2D eigenvalue weighted by Gasteiger charge is 2.39. The lowest BCUT2D eigenvalue weighted by Gasteiger charge is -2.31. The van der Waals surface area contributed by atoms with E-state index in [0.717, 1.165) is 5.69 Å². The van der Waals surface area contributed by atoms with Gasteiger partial charge in [0.15, 0.2) is 0 Å². The molecule has 2 saturated heterocycles. The Hall–Kier alpha value is -2.41. The fraction of sp³-hybridized carbons (Fsp3) is 0.412.